The molecular formula is C25H32O4. The number of carboxylic acids is 1. The van der Waals surface area contributed by atoms with Gasteiger partial charge in [-0.2, -0.15) is 0 Å². The molecule has 1 rings (SSSR count). The lowest BCUT2D eigenvalue weighted by Gasteiger charge is -2.21. The number of aliphatic carboxylic acids is 1. The molecule has 1 N–H and O–H groups in total. The molecule has 0 amide bonds. The van der Waals surface area contributed by atoms with Crippen LogP contribution in [0.2, 0.25) is 0 Å². The van der Waals surface area contributed by atoms with Crippen molar-refractivity contribution in [2.45, 2.75) is 78.2 Å². The Labute approximate surface area is 175 Å². The summed E-state index contributed by atoms with van der Waals surface area (Å²) in [6, 6.07) is 7.66. The molecule has 1 aromatic carbocycles. The number of rotatable bonds is 8. The van der Waals surface area contributed by atoms with Crippen molar-refractivity contribution < 1.29 is 19.4 Å². The monoisotopic (exact) mass is 396 g/mol. The minimum Gasteiger partial charge on any atom is -0.481 e. The van der Waals surface area contributed by atoms with Crippen molar-refractivity contribution in [1.29, 1.82) is 0 Å². The molecule has 0 aromatic heterocycles. The molecule has 156 valence electrons. The number of hydrogen-bond donors (Lipinski definition) is 1. The zero-order valence-corrected chi connectivity index (χ0v) is 18.0. The van der Waals surface area contributed by atoms with Gasteiger partial charge in [0.1, 0.15) is 5.60 Å². The van der Waals surface area contributed by atoms with Gasteiger partial charge >= 0.3 is 11.9 Å². The average molecular weight is 397 g/mol. The van der Waals surface area contributed by atoms with Gasteiger partial charge in [0.25, 0.3) is 0 Å². The summed E-state index contributed by atoms with van der Waals surface area (Å²) in [6.45, 7) is 7.33. The van der Waals surface area contributed by atoms with Crippen LogP contribution >= 0.6 is 0 Å². The Kier molecular flexibility index (Phi) is 10.6. The van der Waals surface area contributed by atoms with Crippen molar-refractivity contribution in [3.8, 4) is 23.7 Å². The summed E-state index contributed by atoms with van der Waals surface area (Å²) in [5.41, 5.74) is 0.972. The first-order chi connectivity index (χ1) is 13.7. The molecule has 0 fully saturated rings. The Hall–Kier alpha value is -2.72. The summed E-state index contributed by atoms with van der Waals surface area (Å²) < 4.78 is 5.19. The van der Waals surface area contributed by atoms with E-state index in [9.17, 15) is 14.7 Å². The molecule has 1 atom stereocenters. The fourth-order valence-electron chi connectivity index (χ4n) is 2.59. The van der Waals surface area contributed by atoms with Crippen LogP contribution in [0.25, 0.3) is 0 Å². The van der Waals surface area contributed by atoms with Crippen molar-refractivity contribution in [3.63, 3.8) is 0 Å². The lowest BCUT2D eigenvalue weighted by atomic mass is 10.0. The van der Waals surface area contributed by atoms with Gasteiger partial charge in [0.2, 0.25) is 0 Å². The molecule has 0 saturated heterocycles. The van der Waals surface area contributed by atoms with Gasteiger partial charge in [0.05, 0.1) is 0 Å². The van der Waals surface area contributed by atoms with Gasteiger partial charge in [0, 0.05) is 24.0 Å². The van der Waals surface area contributed by atoms with Gasteiger partial charge in [0.15, 0.2) is 5.92 Å². The van der Waals surface area contributed by atoms with Crippen molar-refractivity contribution in [2.24, 2.45) is 5.92 Å². The smallest absolute Gasteiger partial charge is 0.320 e. The molecule has 0 aliphatic carbocycles. The second-order valence-corrected chi connectivity index (χ2v) is 7.92. The molecule has 0 heterocycles. The molecule has 0 saturated carbocycles. The molecule has 29 heavy (non-hydrogen) atoms. The number of hydrogen-bond acceptors (Lipinski definition) is 3. The second kappa shape index (κ2) is 12.7. The third kappa shape index (κ3) is 10.4. The SMILES string of the molecule is CCCCCCC#Cc1ccccc1C#CCCC(C(=O)O)C(=O)OC(C)(C)C. The van der Waals surface area contributed by atoms with Crippen LogP contribution in [-0.4, -0.2) is 22.6 Å². The first kappa shape index (κ1) is 24.3. The number of esters is 1. The predicted octanol–water partition coefficient (Wildman–Crippen LogP) is 5.18. The van der Waals surface area contributed by atoms with E-state index in [2.05, 4.69) is 30.6 Å². The Balaban J connectivity index is 2.70. The summed E-state index contributed by atoms with van der Waals surface area (Å²) in [5, 5.41) is 9.31. The zero-order valence-electron chi connectivity index (χ0n) is 18.0. The first-order valence-electron chi connectivity index (χ1n) is 10.3. The maximum Gasteiger partial charge on any atom is 0.320 e. The van der Waals surface area contributed by atoms with Gasteiger partial charge < -0.3 is 9.84 Å². The fourth-order valence-corrected chi connectivity index (χ4v) is 2.59. The number of carbonyl (C=O) groups excluding carboxylic acids is 1. The maximum atomic E-state index is 12.1. The minimum atomic E-state index is -1.21. The lowest BCUT2D eigenvalue weighted by Crippen LogP contribution is -2.32. The number of carboxylic acid groups (broad SMARTS) is 1. The molecule has 4 nitrogen and oxygen atoms in total. The van der Waals surface area contributed by atoms with E-state index in [4.69, 9.17) is 4.74 Å². The highest BCUT2D eigenvalue weighted by molar-refractivity contribution is 5.94. The molecule has 0 aliphatic heterocycles. The zero-order chi connectivity index (χ0) is 21.7. The number of carbonyl (C=O) groups is 2. The van der Waals surface area contributed by atoms with E-state index in [0.29, 0.717) is 0 Å². The predicted molar refractivity (Wildman–Crippen MR) is 115 cm³/mol. The van der Waals surface area contributed by atoms with Gasteiger partial charge in [-0.05, 0) is 45.7 Å². The standard InChI is InChI=1S/C25H32O4/c1-5-6-7-8-9-10-15-20-16-11-12-17-21(20)18-13-14-19-22(23(26)27)24(28)29-25(2,3)4/h11-12,16-17,22H,5-9,14,19H2,1-4H3,(H,26,27). The largest absolute Gasteiger partial charge is 0.481 e. The highest BCUT2D eigenvalue weighted by Gasteiger charge is 2.30. The summed E-state index contributed by atoms with van der Waals surface area (Å²) in [6.07, 6.45) is 6.04. The van der Waals surface area contributed by atoms with Crippen molar-refractivity contribution in [1.82, 2.24) is 0 Å². The molecular weight excluding hydrogens is 364 g/mol. The molecule has 1 unspecified atom stereocenters. The molecule has 4 heteroatoms. The number of benzene rings is 1. The molecule has 0 aliphatic rings. The topological polar surface area (TPSA) is 63.6 Å². The van der Waals surface area contributed by atoms with E-state index in [-0.39, 0.29) is 12.8 Å². The Morgan fingerprint density at radius 3 is 2.10 bits per heavy atom. The van der Waals surface area contributed by atoms with E-state index >= 15 is 0 Å². The quantitative estimate of drug-likeness (QED) is 0.284. The number of unbranched alkanes of at least 4 members (excludes halogenated alkanes) is 4. The Bertz CT molecular complexity index is 794. The van der Waals surface area contributed by atoms with E-state index in [0.717, 1.165) is 24.0 Å². The van der Waals surface area contributed by atoms with Crippen LogP contribution in [0.5, 0.6) is 0 Å². The summed E-state index contributed by atoms with van der Waals surface area (Å²) >= 11 is 0. The lowest BCUT2D eigenvalue weighted by molar-refractivity contribution is -0.167. The van der Waals surface area contributed by atoms with Crippen LogP contribution in [0.15, 0.2) is 24.3 Å². The van der Waals surface area contributed by atoms with Gasteiger partial charge in [-0.15, -0.1) is 0 Å². The van der Waals surface area contributed by atoms with Crippen molar-refractivity contribution in [2.75, 3.05) is 0 Å². The van der Waals surface area contributed by atoms with E-state index in [1.165, 1.54) is 19.3 Å². The molecule has 0 radical (unpaired) electrons. The van der Waals surface area contributed by atoms with Crippen LogP contribution in [-0.2, 0) is 14.3 Å². The van der Waals surface area contributed by atoms with E-state index < -0.39 is 23.5 Å². The van der Waals surface area contributed by atoms with Crippen LogP contribution in [0.3, 0.4) is 0 Å². The third-order valence-electron chi connectivity index (χ3n) is 4.08. The van der Waals surface area contributed by atoms with Gasteiger partial charge in [-0.25, -0.2) is 0 Å². The fraction of sp³-hybridized carbons (Fsp3) is 0.520. The summed E-state index contributed by atoms with van der Waals surface area (Å²) in [7, 11) is 0. The minimum absolute atomic E-state index is 0.114. The molecule has 1 aromatic rings. The summed E-state index contributed by atoms with van der Waals surface area (Å²) in [5.74, 6) is 9.31. The number of ether oxygens (including phenoxy) is 1. The second-order valence-electron chi connectivity index (χ2n) is 7.92. The van der Waals surface area contributed by atoms with Crippen LogP contribution in [0, 0.1) is 29.6 Å². The Morgan fingerprint density at radius 1 is 1.00 bits per heavy atom. The average Bonchev–Trinajstić information content (AvgIpc) is 2.63. The van der Waals surface area contributed by atoms with Crippen LogP contribution in [0.1, 0.15) is 83.8 Å². The van der Waals surface area contributed by atoms with E-state index in [1.54, 1.807) is 20.8 Å². The first-order valence-corrected chi connectivity index (χ1v) is 10.3. The maximum absolute atomic E-state index is 12.1. The van der Waals surface area contributed by atoms with E-state index in [1.807, 2.05) is 24.3 Å². The summed E-state index contributed by atoms with van der Waals surface area (Å²) in [4.78, 5) is 23.5. The third-order valence-corrected chi connectivity index (χ3v) is 4.08. The van der Waals surface area contributed by atoms with Gasteiger partial charge in [-0.1, -0.05) is 62.0 Å². The van der Waals surface area contributed by atoms with Gasteiger partial charge in [-0.3, -0.25) is 9.59 Å². The highest BCUT2D eigenvalue weighted by atomic mass is 16.6. The van der Waals surface area contributed by atoms with Crippen LogP contribution < -0.4 is 0 Å². The molecule has 0 bridgehead atoms. The molecule has 0 spiro atoms. The van der Waals surface area contributed by atoms with Crippen LogP contribution in [0.4, 0.5) is 0 Å². The van der Waals surface area contributed by atoms with Crippen molar-refractivity contribution >= 4 is 11.9 Å². The normalized spacial score (nSPS) is 11.4. The Morgan fingerprint density at radius 2 is 1.59 bits per heavy atom. The van der Waals surface area contributed by atoms with Crippen molar-refractivity contribution in [3.05, 3.63) is 35.4 Å². The highest BCUT2D eigenvalue weighted by Crippen LogP contribution is 2.15.